The lowest BCUT2D eigenvalue weighted by Crippen LogP contribution is -2.47. The van der Waals surface area contributed by atoms with E-state index in [1.165, 1.54) is 11.4 Å². The van der Waals surface area contributed by atoms with Gasteiger partial charge in [-0.05, 0) is 88.0 Å². The fraction of sp³-hybridized carbons (Fsp3) is 0.250. The Morgan fingerprint density at radius 1 is 0.500 bits per heavy atom. The third-order valence-electron chi connectivity index (χ3n) is 3.88. The highest BCUT2D eigenvalue weighted by atomic mass is 79.9. The molecule has 2 nitrogen and oxygen atoms in total. The Labute approximate surface area is 192 Å². The fourth-order valence-corrected chi connectivity index (χ4v) is 8.35. The van der Waals surface area contributed by atoms with Crippen molar-refractivity contribution in [3.05, 3.63) is 51.1 Å². The molecule has 1 saturated heterocycles. The smallest absolute Gasteiger partial charge is 0.0657 e. The summed E-state index contributed by atoms with van der Waals surface area (Å²) in [6.45, 7) is 3.86. The van der Waals surface area contributed by atoms with Gasteiger partial charge in [-0.2, -0.15) is 0 Å². The highest BCUT2D eigenvalue weighted by Crippen LogP contribution is 2.40. The second-order valence-corrected chi connectivity index (χ2v) is 10.7. The molecule has 0 aromatic heterocycles. The van der Waals surface area contributed by atoms with Crippen LogP contribution in [0.15, 0.2) is 51.1 Å². The Balaban J connectivity index is 1.80. The second kappa shape index (κ2) is 8.30. The quantitative estimate of drug-likeness (QED) is 0.317. The van der Waals surface area contributed by atoms with E-state index in [1.807, 2.05) is 0 Å². The first-order valence-corrected chi connectivity index (χ1v) is 11.9. The predicted octanol–water partition coefficient (Wildman–Crippen LogP) is 7.59. The zero-order chi connectivity index (χ0) is 17.4. The van der Waals surface area contributed by atoms with E-state index >= 15 is 0 Å². The lowest BCUT2D eigenvalue weighted by Gasteiger charge is -2.39. The molecule has 0 N–H and O–H groups in total. The molecule has 0 bridgehead atoms. The Kier molecular flexibility index (Phi) is 6.80. The van der Waals surface area contributed by atoms with Crippen LogP contribution < -0.4 is 9.80 Å². The van der Waals surface area contributed by atoms with E-state index in [4.69, 9.17) is 0 Å². The maximum Gasteiger partial charge on any atom is 0.0657 e. The molecular weight excluding hydrogens is 700 g/mol. The van der Waals surface area contributed by atoms with Gasteiger partial charge in [-0.1, -0.05) is 31.9 Å². The standard InChI is InChI=1S/C16H12Br6N2/c17-9-5-11(19)15(12(20)6-9)23-1-2-24(4-3-23)16-13(21)7-10(18)8-14(16)22/h5-8H,1-4H2. The van der Waals surface area contributed by atoms with Gasteiger partial charge >= 0.3 is 0 Å². The van der Waals surface area contributed by atoms with Gasteiger partial charge in [-0.15, -0.1) is 0 Å². The van der Waals surface area contributed by atoms with Crippen LogP contribution in [0.5, 0.6) is 0 Å². The van der Waals surface area contributed by atoms with Crippen LogP contribution >= 0.6 is 95.6 Å². The van der Waals surface area contributed by atoms with Crippen LogP contribution in [0.2, 0.25) is 0 Å². The molecule has 8 heteroatoms. The average Bonchev–Trinajstić information content (AvgIpc) is 2.46. The Bertz CT molecular complexity index is 660. The van der Waals surface area contributed by atoms with E-state index in [9.17, 15) is 0 Å². The van der Waals surface area contributed by atoms with Crippen molar-refractivity contribution in [3.63, 3.8) is 0 Å². The van der Waals surface area contributed by atoms with E-state index in [-0.39, 0.29) is 0 Å². The van der Waals surface area contributed by atoms with E-state index in [0.717, 1.165) is 53.0 Å². The number of anilines is 2. The van der Waals surface area contributed by atoms with Crippen molar-refractivity contribution in [1.82, 2.24) is 0 Å². The highest BCUT2D eigenvalue weighted by Gasteiger charge is 2.23. The van der Waals surface area contributed by atoms with Gasteiger partial charge in [0, 0.05) is 53.0 Å². The summed E-state index contributed by atoms with van der Waals surface area (Å²) in [6, 6.07) is 8.37. The van der Waals surface area contributed by atoms with Crippen LogP contribution in [-0.2, 0) is 0 Å². The molecule has 0 atom stereocenters. The van der Waals surface area contributed by atoms with Gasteiger partial charge in [0.15, 0.2) is 0 Å². The number of halogens is 6. The van der Waals surface area contributed by atoms with Crippen LogP contribution in [0.4, 0.5) is 11.4 Å². The molecule has 0 unspecified atom stereocenters. The summed E-state index contributed by atoms with van der Waals surface area (Å²) in [7, 11) is 0. The van der Waals surface area contributed by atoms with Crippen LogP contribution in [0.1, 0.15) is 0 Å². The number of hydrogen-bond donors (Lipinski definition) is 0. The van der Waals surface area contributed by atoms with Crippen molar-refractivity contribution in [2.75, 3.05) is 36.0 Å². The largest absolute Gasteiger partial charge is 0.366 e. The Morgan fingerprint density at radius 3 is 1.00 bits per heavy atom. The first-order valence-electron chi connectivity index (χ1n) is 7.16. The molecule has 24 heavy (non-hydrogen) atoms. The summed E-state index contributed by atoms with van der Waals surface area (Å²) in [5, 5.41) is 0. The first kappa shape index (κ1) is 19.7. The molecule has 128 valence electrons. The van der Waals surface area contributed by atoms with Crippen LogP contribution in [-0.4, -0.2) is 26.2 Å². The third kappa shape index (κ3) is 4.25. The average molecular weight is 712 g/mol. The molecule has 1 aliphatic rings. The van der Waals surface area contributed by atoms with Gasteiger partial charge < -0.3 is 9.80 Å². The number of nitrogens with zero attached hydrogens (tertiary/aromatic N) is 2. The van der Waals surface area contributed by atoms with Crippen molar-refractivity contribution >= 4 is 107 Å². The van der Waals surface area contributed by atoms with E-state index in [0.29, 0.717) is 0 Å². The Hall–Kier alpha value is 0.920. The molecule has 0 spiro atoms. The van der Waals surface area contributed by atoms with Crippen molar-refractivity contribution in [2.45, 2.75) is 0 Å². The molecule has 0 aliphatic carbocycles. The van der Waals surface area contributed by atoms with Crippen molar-refractivity contribution < 1.29 is 0 Å². The lowest BCUT2D eigenvalue weighted by atomic mass is 10.2. The van der Waals surface area contributed by atoms with Gasteiger partial charge in [0.05, 0.1) is 11.4 Å². The topological polar surface area (TPSA) is 6.48 Å². The maximum atomic E-state index is 3.69. The second-order valence-electron chi connectivity index (χ2n) is 5.41. The van der Waals surface area contributed by atoms with Crippen molar-refractivity contribution in [2.24, 2.45) is 0 Å². The molecule has 3 rings (SSSR count). The highest BCUT2D eigenvalue weighted by molar-refractivity contribution is 9.12. The van der Waals surface area contributed by atoms with Gasteiger partial charge in [0.1, 0.15) is 0 Å². The van der Waals surface area contributed by atoms with Gasteiger partial charge in [-0.25, -0.2) is 0 Å². The first-order chi connectivity index (χ1) is 11.4. The van der Waals surface area contributed by atoms with Gasteiger partial charge in [0.25, 0.3) is 0 Å². The summed E-state index contributed by atoms with van der Waals surface area (Å²) in [5.41, 5.74) is 2.43. The fourth-order valence-electron chi connectivity index (χ4n) is 2.83. The van der Waals surface area contributed by atoms with E-state index in [2.05, 4.69) is 130 Å². The number of rotatable bonds is 2. The van der Waals surface area contributed by atoms with Gasteiger partial charge in [-0.3, -0.25) is 0 Å². The SMILES string of the molecule is Brc1cc(Br)c(N2CCN(c3c(Br)cc(Br)cc3Br)CC2)c(Br)c1. The summed E-state index contributed by atoms with van der Waals surface area (Å²) in [5.74, 6) is 0. The zero-order valence-electron chi connectivity index (χ0n) is 12.3. The van der Waals surface area contributed by atoms with Crippen LogP contribution in [0.25, 0.3) is 0 Å². The molecule has 2 aromatic carbocycles. The molecule has 0 saturated carbocycles. The lowest BCUT2D eigenvalue weighted by molar-refractivity contribution is 0.650. The summed E-state index contributed by atoms with van der Waals surface area (Å²) in [4.78, 5) is 4.83. The number of hydrogen-bond acceptors (Lipinski definition) is 2. The minimum absolute atomic E-state index is 0.966. The maximum absolute atomic E-state index is 3.69. The minimum Gasteiger partial charge on any atom is -0.366 e. The molecule has 0 radical (unpaired) electrons. The summed E-state index contributed by atoms with van der Waals surface area (Å²) >= 11 is 21.8. The Morgan fingerprint density at radius 2 is 0.750 bits per heavy atom. The molecular formula is C16H12Br6N2. The summed E-state index contributed by atoms with van der Waals surface area (Å²) < 4.78 is 6.52. The third-order valence-corrected chi connectivity index (χ3v) is 7.21. The van der Waals surface area contributed by atoms with E-state index < -0.39 is 0 Å². The number of benzene rings is 2. The molecule has 0 amide bonds. The zero-order valence-corrected chi connectivity index (χ0v) is 21.8. The monoisotopic (exact) mass is 706 g/mol. The van der Waals surface area contributed by atoms with Crippen LogP contribution in [0.3, 0.4) is 0 Å². The van der Waals surface area contributed by atoms with E-state index in [1.54, 1.807) is 0 Å². The van der Waals surface area contributed by atoms with Gasteiger partial charge in [0.2, 0.25) is 0 Å². The number of piperazine rings is 1. The molecule has 2 aromatic rings. The predicted molar refractivity (Wildman–Crippen MR) is 124 cm³/mol. The molecule has 1 heterocycles. The minimum atomic E-state index is 0.966. The molecule has 1 fully saturated rings. The van der Waals surface area contributed by atoms with Crippen LogP contribution in [0, 0.1) is 0 Å². The normalized spacial score (nSPS) is 15.1. The summed E-state index contributed by atoms with van der Waals surface area (Å²) in [6.07, 6.45) is 0. The molecule has 1 aliphatic heterocycles. The van der Waals surface area contributed by atoms with Crippen molar-refractivity contribution in [1.29, 1.82) is 0 Å². The van der Waals surface area contributed by atoms with Crippen molar-refractivity contribution in [3.8, 4) is 0 Å².